The molecule has 42 heavy (non-hydrogen) atoms. The topological polar surface area (TPSA) is 123 Å². The summed E-state index contributed by atoms with van der Waals surface area (Å²) in [6.45, 7) is 3.59. The van der Waals surface area contributed by atoms with E-state index in [0.29, 0.717) is 75.5 Å². The van der Waals surface area contributed by atoms with Crippen LogP contribution in [0.1, 0.15) is 55.3 Å². The Kier molecular flexibility index (Phi) is 9.12. The number of nitrogens with zero attached hydrogens (tertiary/aromatic N) is 4. The van der Waals surface area contributed by atoms with Crippen LogP contribution >= 0.6 is 0 Å². The molecule has 0 aliphatic carbocycles. The highest BCUT2D eigenvalue weighted by molar-refractivity contribution is 7.89. The zero-order valence-electron chi connectivity index (χ0n) is 25.1. The summed E-state index contributed by atoms with van der Waals surface area (Å²) < 4.78 is 41.6. The number of aromatic nitrogens is 2. The van der Waals surface area contributed by atoms with Gasteiger partial charge in [-0.05, 0) is 80.5 Å². The molecule has 2 fully saturated rings. The third-order valence-electron chi connectivity index (χ3n) is 8.91. The first-order valence-corrected chi connectivity index (χ1v) is 16.4. The molecule has 5 rings (SSSR count). The summed E-state index contributed by atoms with van der Waals surface area (Å²) in [5, 5.41) is 7.47. The van der Waals surface area contributed by atoms with E-state index in [2.05, 4.69) is 16.5 Å². The molecule has 2 aromatic rings. The Morgan fingerprint density at radius 1 is 0.976 bits per heavy atom. The molecule has 1 aromatic heterocycles. The summed E-state index contributed by atoms with van der Waals surface area (Å²) in [5.41, 5.74) is 2.66. The maximum atomic E-state index is 13.8. The number of hydrogen-bond donors (Lipinski definition) is 1. The number of carbonyl (C=O) groups is 2. The molecule has 3 atom stereocenters. The van der Waals surface area contributed by atoms with Gasteiger partial charge in [-0.25, -0.2) is 8.42 Å². The van der Waals surface area contributed by atoms with E-state index in [1.807, 2.05) is 11.0 Å². The number of ether oxygens (including phenoxy) is 2. The number of amides is 2. The van der Waals surface area contributed by atoms with E-state index in [1.54, 1.807) is 38.6 Å². The molecule has 0 saturated carbocycles. The monoisotopic (exact) mass is 601 g/mol. The third-order valence-corrected chi connectivity index (χ3v) is 10.8. The summed E-state index contributed by atoms with van der Waals surface area (Å²) in [6.07, 6.45) is 4.94. The molecular weight excluding hydrogens is 558 g/mol. The lowest BCUT2D eigenvalue weighted by atomic mass is 9.78. The number of piperidine rings is 2. The number of nitrogens with one attached hydrogen (secondary N) is 1. The van der Waals surface area contributed by atoms with Gasteiger partial charge in [-0.1, -0.05) is 6.07 Å². The Labute approximate surface area is 248 Å². The molecular formula is C30H43N5O6S. The number of hydrogen-bond acceptors (Lipinski definition) is 7. The van der Waals surface area contributed by atoms with E-state index in [4.69, 9.17) is 9.47 Å². The van der Waals surface area contributed by atoms with Crippen LogP contribution in [0, 0.1) is 18.8 Å². The molecule has 230 valence electrons. The quantitative estimate of drug-likeness (QED) is 0.571. The molecule has 0 unspecified atom stereocenters. The van der Waals surface area contributed by atoms with E-state index < -0.39 is 10.0 Å². The number of methoxy groups -OCH3 is 2. The van der Waals surface area contributed by atoms with Crippen molar-refractivity contribution >= 4 is 21.8 Å². The van der Waals surface area contributed by atoms with Crippen LogP contribution < -0.4 is 14.8 Å². The minimum Gasteiger partial charge on any atom is -0.493 e. The Bertz CT molecular complexity index is 1420. The average molecular weight is 602 g/mol. The number of sulfonamides is 1. The highest BCUT2D eigenvalue weighted by Crippen LogP contribution is 2.38. The van der Waals surface area contributed by atoms with Crippen molar-refractivity contribution in [3.05, 3.63) is 35.0 Å². The van der Waals surface area contributed by atoms with Crippen LogP contribution in [-0.4, -0.2) is 85.7 Å². The molecule has 3 aliphatic rings. The van der Waals surface area contributed by atoms with Crippen molar-refractivity contribution in [2.24, 2.45) is 18.9 Å². The van der Waals surface area contributed by atoms with Crippen LogP contribution in [0.5, 0.6) is 11.5 Å². The average Bonchev–Trinajstić information content (AvgIpc) is 3.32. The molecule has 1 N–H and O–H groups in total. The maximum Gasteiger partial charge on any atom is 0.260 e. The van der Waals surface area contributed by atoms with Gasteiger partial charge in [0.1, 0.15) is 0 Å². The lowest BCUT2D eigenvalue weighted by Crippen LogP contribution is -2.60. The fourth-order valence-corrected chi connectivity index (χ4v) is 8.77. The van der Waals surface area contributed by atoms with Crippen molar-refractivity contribution in [3.63, 3.8) is 0 Å². The summed E-state index contributed by atoms with van der Waals surface area (Å²) in [7, 11) is 1.15. The summed E-state index contributed by atoms with van der Waals surface area (Å²) >= 11 is 0. The van der Waals surface area contributed by atoms with Gasteiger partial charge in [0.15, 0.2) is 16.5 Å². The van der Waals surface area contributed by atoms with Gasteiger partial charge in [0, 0.05) is 52.1 Å². The molecule has 4 bridgehead atoms. The predicted octanol–water partition coefficient (Wildman–Crippen LogP) is 2.45. The van der Waals surface area contributed by atoms with Crippen molar-refractivity contribution in [3.8, 4) is 11.5 Å². The number of fused-ring (bicyclic) bond motifs is 6. The first-order valence-electron chi connectivity index (χ1n) is 14.9. The lowest BCUT2D eigenvalue weighted by Gasteiger charge is -2.50. The minimum atomic E-state index is -3.73. The first kappa shape index (κ1) is 30.3. The van der Waals surface area contributed by atoms with Gasteiger partial charge in [0.25, 0.3) is 10.0 Å². The van der Waals surface area contributed by atoms with E-state index in [1.165, 1.54) is 4.68 Å². The van der Waals surface area contributed by atoms with Crippen molar-refractivity contribution in [2.75, 3.05) is 40.4 Å². The summed E-state index contributed by atoms with van der Waals surface area (Å²) in [6, 6.07) is 5.50. The van der Waals surface area contributed by atoms with Gasteiger partial charge in [-0.2, -0.15) is 9.40 Å². The van der Waals surface area contributed by atoms with Crippen LogP contribution in [0.15, 0.2) is 23.2 Å². The largest absolute Gasteiger partial charge is 0.493 e. The number of rotatable bonds is 4. The second-order valence-electron chi connectivity index (χ2n) is 11.9. The molecule has 2 saturated heterocycles. The number of aryl methyl sites for hydroxylation is 4. The highest BCUT2D eigenvalue weighted by Gasteiger charge is 2.45. The first-order chi connectivity index (χ1) is 20.1. The Hall–Kier alpha value is -3.12. The van der Waals surface area contributed by atoms with E-state index in [0.717, 1.165) is 30.4 Å². The molecule has 2 amide bonds. The zero-order valence-corrected chi connectivity index (χ0v) is 25.9. The van der Waals surface area contributed by atoms with Gasteiger partial charge in [0.05, 0.1) is 19.9 Å². The van der Waals surface area contributed by atoms with Crippen molar-refractivity contribution in [2.45, 2.75) is 69.4 Å². The zero-order chi connectivity index (χ0) is 30.0. The van der Waals surface area contributed by atoms with Crippen molar-refractivity contribution < 1.29 is 27.5 Å². The van der Waals surface area contributed by atoms with Crippen LogP contribution in [-0.2, 0) is 39.5 Å². The van der Waals surface area contributed by atoms with Crippen molar-refractivity contribution in [1.82, 2.24) is 24.3 Å². The van der Waals surface area contributed by atoms with Gasteiger partial charge < -0.3 is 19.7 Å². The summed E-state index contributed by atoms with van der Waals surface area (Å²) in [5.74, 6) is 1.44. The molecule has 4 heterocycles. The maximum absolute atomic E-state index is 13.8. The molecule has 11 nitrogen and oxygen atoms in total. The van der Waals surface area contributed by atoms with Gasteiger partial charge in [0.2, 0.25) is 11.8 Å². The van der Waals surface area contributed by atoms with Crippen LogP contribution in [0.25, 0.3) is 0 Å². The fraction of sp³-hybridized carbons (Fsp3) is 0.633. The van der Waals surface area contributed by atoms with E-state index >= 15 is 0 Å². The standard InChI is InChI=1S/C30H43N5O6S/c1-20-13-29(33(2)32-20)42(38,39)34-17-22-15-24(19-34)25-8-5-9-27(36)31-12-6-7-23-14-21(10-11-28(37)35(25)18-22)16-26(40-3)30(23)41-4/h13-14,16,22,24-25H,5-12,15,17-19H2,1-4H3,(H,31,36)/t22-,24+,25-/m0/s1. The Morgan fingerprint density at radius 3 is 2.50 bits per heavy atom. The predicted molar refractivity (Wildman–Crippen MR) is 157 cm³/mol. The normalized spacial score (nSPS) is 24.6. The second kappa shape index (κ2) is 12.6. The van der Waals surface area contributed by atoms with Crippen molar-refractivity contribution in [1.29, 1.82) is 0 Å². The number of carbonyl (C=O) groups excluding carboxylic acids is 2. The SMILES string of the molecule is COc1cc2cc(c1OC)CCCNC(=O)CCC[C@H]1[C@@H]3C[C@H](CN1C(=O)CC2)CN(S(=O)(=O)c1cc(C)nn1C)C3. The van der Waals surface area contributed by atoms with Gasteiger partial charge >= 0.3 is 0 Å². The van der Waals surface area contributed by atoms with Gasteiger partial charge in [-0.15, -0.1) is 0 Å². The molecule has 0 radical (unpaired) electrons. The third kappa shape index (κ3) is 6.29. The molecule has 0 spiro atoms. The van der Waals surface area contributed by atoms with Crippen LogP contribution in [0.3, 0.4) is 0 Å². The molecule has 1 aromatic carbocycles. The highest BCUT2D eigenvalue weighted by atomic mass is 32.2. The fourth-order valence-electron chi connectivity index (χ4n) is 7.01. The Morgan fingerprint density at radius 2 is 1.79 bits per heavy atom. The molecule has 3 aliphatic heterocycles. The van der Waals surface area contributed by atoms with Crippen LogP contribution in [0.2, 0.25) is 0 Å². The van der Waals surface area contributed by atoms with E-state index in [9.17, 15) is 18.0 Å². The smallest absolute Gasteiger partial charge is 0.260 e. The second-order valence-corrected chi connectivity index (χ2v) is 13.8. The Balaban J connectivity index is 1.40. The summed E-state index contributed by atoms with van der Waals surface area (Å²) in [4.78, 5) is 28.4. The number of benzene rings is 1. The van der Waals surface area contributed by atoms with Crippen LogP contribution in [0.4, 0.5) is 0 Å². The molecule has 12 heteroatoms. The minimum absolute atomic E-state index is 0.000164. The van der Waals surface area contributed by atoms with Gasteiger partial charge in [-0.3, -0.25) is 14.3 Å². The van der Waals surface area contributed by atoms with E-state index in [-0.39, 0.29) is 34.7 Å². The lowest BCUT2D eigenvalue weighted by molar-refractivity contribution is -0.140.